The zero-order valence-corrected chi connectivity index (χ0v) is 16.5. The number of nitrogens with one attached hydrogen (secondary N) is 3. The van der Waals surface area contributed by atoms with Crippen molar-refractivity contribution in [3.63, 3.8) is 0 Å². The van der Waals surface area contributed by atoms with E-state index < -0.39 is 10.0 Å². The molecule has 1 amide bonds. The number of fused-ring (bicyclic) bond motifs is 1. The molecule has 2 aliphatic heterocycles. The highest BCUT2D eigenvalue weighted by Crippen LogP contribution is 2.38. The van der Waals surface area contributed by atoms with Gasteiger partial charge in [0.15, 0.2) is 0 Å². The maximum Gasteiger partial charge on any atom is 0.256 e. The Morgan fingerprint density at radius 3 is 2.89 bits per heavy atom. The molecule has 2 aromatic rings. The van der Waals surface area contributed by atoms with Gasteiger partial charge in [-0.3, -0.25) is 4.79 Å². The Hall–Kier alpha value is -2.49. The second-order valence-corrected chi connectivity index (χ2v) is 8.74. The highest BCUT2D eigenvalue weighted by Gasteiger charge is 2.34. The second-order valence-electron chi connectivity index (χ2n) is 6.84. The first-order chi connectivity index (χ1) is 13.5. The maximum absolute atomic E-state index is 13.4. The predicted octanol–water partition coefficient (Wildman–Crippen LogP) is 1.45. The number of anilines is 1. The summed E-state index contributed by atoms with van der Waals surface area (Å²) >= 11 is 0. The number of aryl methyl sites for hydroxylation is 1. The summed E-state index contributed by atoms with van der Waals surface area (Å²) in [6, 6.07) is 4.96. The van der Waals surface area contributed by atoms with Gasteiger partial charge in [-0.2, -0.15) is 4.31 Å². The molecule has 0 unspecified atom stereocenters. The number of amides is 1. The van der Waals surface area contributed by atoms with Crippen LogP contribution >= 0.6 is 0 Å². The second kappa shape index (κ2) is 7.50. The number of hydrogen-bond acceptors (Lipinski definition) is 5. The van der Waals surface area contributed by atoms with Crippen LogP contribution in [0.3, 0.4) is 0 Å². The van der Waals surface area contributed by atoms with E-state index in [0.717, 1.165) is 25.2 Å². The fourth-order valence-electron chi connectivity index (χ4n) is 3.56. The van der Waals surface area contributed by atoms with Gasteiger partial charge in [-0.05, 0) is 31.2 Å². The molecule has 1 aromatic carbocycles. The van der Waals surface area contributed by atoms with Gasteiger partial charge in [0.2, 0.25) is 10.0 Å². The number of nitrogens with zero attached hydrogens (tertiary/aromatic N) is 2. The molecule has 0 spiro atoms. The number of hydrogen-bond donors (Lipinski definition) is 3. The number of sulfonamides is 1. The van der Waals surface area contributed by atoms with Gasteiger partial charge in [0.25, 0.3) is 5.91 Å². The summed E-state index contributed by atoms with van der Waals surface area (Å²) in [5.41, 5.74) is 1.94. The molecule has 3 N–H and O–H groups in total. The minimum absolute atomic E-state index is 0.159. The summed E-state index contributed by atoms with van der Waals surface area (Å²) in [6.45, 7) is 4.26. The quantitative estimate of drug-likeness (QED) is 0.672. The molecule has 148 valence electrons. The first-order valence-corrected chi connectivity index (χ1v) is 10.9. The molecule has 1 fully saturated rings. The predicted molar refractivity (Wildman–Crippen MR) is 107 cm³/mol. The molecule has 0 bridgehead atoms. The number of aromatic nitrogens is 2. The standard InChI is InChI=1S/C19H23N5O3S/c1-2-17-21-12-13(22-17)11-14-18-15(23-19(14)25)5-3-6-16(18)28(26,27)24-9-4-7-20-8-10-24/h3,5-6,11-12,20H,2,4,7-10H2,1H3,(H,21,22)(H,23,25). The summed E-state index contributed by atoms with van der Waals surface area (Å²) in [5.74, 6) is 0.492. The van der Waals surface area contributed by atoms with E-state index in [-0.39, 0.29) is 10.8 Å². The molecule has 3 heterocycles. The van der Waals surface area contributed by atoms with Crippen molar-refractivity contribution in [2.45, 2.75) is 24.7 Å². The average Bonchev–Trinajstić information content (AvgIpc) is 3.14. The monoisotopic (exact) mass is 401 g/mol. The third-order valence-corrected chi connectivity index (χ3v) is 6.93. The van der Waals surface area contributed by atoms with Crippen LogP contribution in [0.5, 0.6) is 0 Å². The van der Waals surface area contributed by atoms with Gasteiger partial charge in [0, 0.05) is 31.6 Å². The van der Waals surface area contributed by atoms with Crippen molar-refractivity contribution in [1.82, 2.24) is 19.6 Å². The SMILES string of the molecule is CCc1ncc(C=C2C(=O)Nc3cccc(S(=O)(=O)N4CCCNCC4)c32)[nH]1. The minimum atomic E-state index is -3.72. The van der Waals surface area contributed by atoms with Crippen molar-refractivity contribution < 1.29 is 13.2 Å². The molecule has 28 heavy (non-hydrogen) atoms. The van der Waals surface area contributed by atoms with Gasteiger partial charge < -0.3 is 15.6 Å². The molecule has 1 saturated heterocycles. The number of imidazole rings is 1. The lowest BCUT2D eigenvalue weighted by Crippen LogP contribution is -2.34. The van der Waals surface area contributed by atoms with Crippen molar-refractivity contribution in [3.8, 4) is 0 Å². The third kappa shape index (κ3) is 3.36. The molecule has 2 aliphatic rings. The lowest BCUT2D eigenvalue weighted by Gasteiger charge is -2.21. The highest BCUT2D eigenvalue weighted by atomic mass is 32.2. The largest absolute Gasteiger partial charge is 0.342 e. The number of aromatic amines is 1. The van der Waals surface area contributed by atoms with Gasteiger partial charge >= 0.3 is 0 Å². The molecule has 0 aliphatic carbocycles. The van der Waals surface area contributed by atoms with Gasteiger partial charge in [-0.25, -0.2) is 13.4 Å². The lowest BCUT2D eigenvalue weighted by molar-refractivity contribution is -0.110. The van der Waals surface area contributed by atoms with E-state index in [4.69, 9.17) is 0 Å². The summed E-state index contributed by atoms with van der Waals surface area (Å²) in [4.78, 5) is 20.1. The zero-order valence-electron chi connectivity index (χ0n) is 15.7. The Kier molecular flexibility index (Phi) is 5.05. The number of rotatable bonds is 4. The van der Waals surface area contributed by atoms with E-state index in [9.17, 15) is 13.2 Å². The van der Waals surface area contributed by atoms with Crippen LogP contribution in [-0.2, 0) is 21.2 Å². The number of carbonyl (C=O) groups is 1. The molecule has 0 atom stereocenters. The van der Waals surface area contributed by atoms with Crippen molar-refractivity contribution in [2.24, 2.45) is 0 Å². The van der Waals surface area contributed by atoms with E-state index in [2.05, 4.69) is 20.6 Å². The Morgan fingerprint density at radius 2 is 2.11 bits per heavy atom. The molecular formula is C19H23N5O3S. The molecular weight excluding hydrogens is 378 g/mol. The van der Waals surface area contributed by atoms with E-state index in [1.165, 1.54) is 4.31 Å². The summed E-state index contributed by atoms with van der Waals surface area (Å²) in [6.07, 6.45) is 4.81. The number of benzene rings is 1. The van der Waals surface area contributed by atoms with E-state index in [1.807, 2.05) is 6.92 Å². The van der Waals surface area contributed by atoms with E-state index in [1.54, 1.807) is 30.5 Å². The molecule has 4 rings (SSSR count). The minimum Gasteiger partial charge on any atom is -0.342 e. The Labute approximate surface area is 164 Å². The van der Waals surface area contributed by atoms with Crippen molar-refractivity contribution in [2.75, 3.05) is 31.5 Å². The first-order valence-electron chi connectivity index (χ1n) is 9.42. The third-order valence-electron chi connectivity index (χ3n) is 4.99. The molecule has 1 aromatic heterocycles. The Bertz CT molecular complexity index is 1030. The maximum atomic E-state index is 13.4. The van der Waals surface area contributed by atoms with Gasteiger partial charge in [0.1, 0.15) is 5.82 Å². The average molecular weight is 401 g/mol. The van der Waals surface area contributed by atoms with Gasteiger partial charge in [-0.1, -0.05) is 13.0 Å². The lowest BCUT2D eigenvalue weighted by atomic mass is 10.1. The Balaban J connectivity index is 1.80. The number of carbonyl (C=O) groups excluding carboxylic acids is 1. The molecule has 0 saturated carbocycles. The topological polar surface area (TPSA) is 107 Å². The van der Waals surface area contributed by atoms with Crippen LogP contribution in [0.2, 0.25) is 0 Å². The zero-order chi connectivity index (χ0) is 19.7. The highest BCUT2D eigenvalue weighted by molar-refractivity contribution is 7.89. The van der Waals surface area contributed by atoms with Crippen LogP contribution in [0, 0.1) is 0 Å². The summed E-state index contributed by atoms with van der Waals surface area (Å²) in [7, 11) is -3.72. The van der Waals surface area contributed by atoms with Crippen LogP contribution in [0.25, 0.3) is 11.6 Å². The molecule has 8 nitrogen and oxygen atoms in total. The normalized spacial score (nSPS) is 19.5. The van der Waals surface area contributed by atoms with Crippen LogP contribution in [0.1, 0.15) is 30.4 Å². The van der Waals surface area contributed by atoms with Crippen LogP contribution < -0.4 is 10.6 Å². The Morgan fingerprint density at radius 1 is 1.25 bits per heavy atom. The smallest absolute Gasteiger partial charge is 0.256 e. The fourth-order valence-corrected chi connectivity index (χ4v) is 5.26. The van der Waals surface area contributed by atoms with Crippen molar-refractivity contribution in [1.29, 1.82) is 0 Å². The first kappa shape index (κ1) is 18.9. The fraction of sp³-hybridized carbons (Fsp3) is 0.368. The summed E-state index contributed by atoms with van der Waals surface area (Å²) in [5, 5.41) is 5.99. The van der Waals surface area contributed by atoms with Crippen LogP contribution in [-0.4, -0.2) is 54.8 Å². The van der Waals surface area contributed by atoms with Gasteiger partial charge in [-0.15, -0.1) is 0 Å². The molecule has 9 heteroatoms. The van der Waals surface area contributed by atoms with Crippen LogP contribution in [0.15, 0.2) is 29.3 Å². The van der Waals surface area contributed by atoms with Gasteiger partial charge in [0.05, 0.1) is 28.0 Å². The van der Waals surface area contributed by atoms with E-state index in [0.29, 0.717) is 42.2 Å². The van der Waals surface area contributed by atoms with E-state index >= 15 is 0 Å². The molecule has 0 radical (unpaired) electrons. The van der Waals surface area contributed by atoms with Crippen LogP contribution in [0.4, 0.5) is 5.69 Å². The number of H-pyrrole nitrogens is 1. The van der Waals surface area contributed by atoms with Crippen molar-refractivity contribution >= 4 is 33.3 Å². The summed E-state index contributed by atoms with van der Waals surface area (Å²) < 4.78 is 28.2. The van der Waals surface area contributed by atoms with Crippen molar-refractivity contribution in [3.05, 3.63) is 41.5 Å².